The van der Waals surface area contributed by atoms with E-state index in [1.807, 2.05) is 87.5 Å². The Morgan fingerprint density at radius 2 is 1.53 bits per heavy atom. The fourth-order valence-electron chi connectivity index (χ4n) is 3.24. The molecule has 0 fully saturated rings. The van der Waals surface area contributed by atoms with Gasteiger partial charge in [-0.25, -0.2) is 9.67 Å². The average molecular weight is 461 g/mol. The molecule has 0 saturated heterocycles. The van der Waals surface area contributed by atoms with Gasteiger partial charge in [0, 0.05) is 15.7 Å². The van der Waals surface area contributed by atoms with Gasteiger partial charge < -0.3 is 5.32 Å². The van der Waals surface area contributed by atoms with E-state index in [-0.39, 0.29) is 11.7 Å². The van der Waals surface area contributed by atoms with Crippen molar-refractivity contribution < 1.29 is 4.79 Å². The molecule has 3 aromatic carbocycles. The number of carbonyl (C=O) groups is 1. The lowest BCUT2D eigenvalue weighted by molar-refractivity contribution is 0.101. The van der Waals surface area contributed by atoms with Gasteiger partial charge in [0.1, 0.15) is 0 Å². The zero-order valence-electron chi connectivity index (χ0n) is 17.0. The van der Waals surface area contributed by atoms with E-state index in [4.69, 9.17) is 0 Å². The number of benzene rings is 3. The van der Waals surface area contributed by atoms with Crippen molar-refractivity contribution in [1.82, 2.24) is 14.8 Å². The molecular formula is C24H21BrN4O. The molecule has 30 heavy (non-hydrogen) atoms. The van der Waals surface area contributed by atoms with E-state index >= 15 is 0 Å². The molecule has 0 saturated carbocycles. The number of halogens is 1. The van der Waals surface area contributed by atoms with Crippen molar-refractivity contribution in [2.75, 3.05) is 5.32 Å². The predicted molar refractivity (Wildman–Crippen MR) is 123 cm³/mol. The molecule has 0 spiro atoms. The van der Waals surface area contributed by atoms with Crippen LogP contribution in [0.5, 0.6) is 0 Å². The highest BCUT2D eigenvalue weighted by atomic mass is 79.9. The molecule has 0 radical (unpaired) electrons. The number of nitrogens with one attached hydrogen (secondary N) is 1. The van der Waals surface area contributed by atoms with Crippen LogP contribution in [0.3, 0.4) is 0 Å². The fourth-order valence-corrected chi connectivity index (χ4v) is 3.51. The van der Waals surface area contributed by atoms with Gasteiger partial charge in [0.15, 0.2) is 5.82 Å². The van der Waals surface area contributed by atoms with Crippen molar-refractivity contribution in [1.29, 1.82) is 0 Å². The van der Waals surface area contributed by atoms with Gasteiger partial charge in [-0.05, 0) is 56.2 Å². The first-order valence-corrected chi connectivity index (χ1v) is 10.4. The summed E-state index contributed by atoms with van der Waals surface area (Å²) in [6.07, 6.45) is 0. The van der Waals surface area contributed by atoms with Crippen LogP contribution in [0.25, 0.3) is 17.1 Å². The molecule has 1 N–H and O–H groups in total. The minimum absolute atomic E-state index is 0.121. The quantitative estimate of drug-likeness (QED) is 0.413. The monoisotopic (exact) mass is 460 g/mol. The Kier molecular flexibility index (Phi) is 5.50. The van der Waals surface area contributed by atoms with E-state index in [0.29, 0.717) is 5.82 Å². The van der Waals surface area contributed by atoms with Crippen LogP contribution >= 0.6 is 15.9 Å². The molecule has 4 aromatic rings. The Morgan fingerprint density at radius 1 is 0.900 bits per heavy atom. The number of carbonyl (C=O) groups excluding carboxylic acids is 1. The van der Waals surface area contributed by atoms with Gasteiger partial charge in [-0.3, -0.25) is 4.79 Å². The average Bonchev–Trinajstić information content (AvgIpc) is 3.17. The summed E-state index contributed by atoms with van der Waals surface area (Å²) in [4.78, 5) is 17.6. The highest BCUT2D eigenvalue weighted by Crippen LogP contribution is 2.25. The van der Waals surface area contributed by atoms with Crippen molar-refractivity contribution in [2.24, 2.45) is 0 Å². The Morgan fingerprint density at radius 3 is 2.17 bits per heavy atom. The van der Waals surface area contributed by atoms with Gasteiger partial charge >= 0.3 is 0 Å². The van der Waals surface area contributed by atoms with E-state index < -0.39 is 0 Å². The number of aryl methyl sites for hydroxylation is 3. The summed E-state index contributed by atoms with van der Waals surface area (Å²) in [5, 5.41) is 7.52. The summed E-state index contributed by atoms with van der Waals surface area (Å²) >= 11 is 3.46. The van der Waals surface area contributed by atoms with Gasteiger partial charge in [0.2, 0.25) is 5.82 Å². The van der Waals surface area contributed by atoms with Crippen molar-refractivity contribution in [3.63, 3.8) is 0 Å². The lowest BCUT2D eigenvalue weighted by Crippen LogP contribution is -2.16. The van der Waals surface area contributed by atoms with Gasteiger partial charge in [0.25, 0.3) is 5.91 Å². The second kappa shape index (κ2) is 8.24. The summed E-state index contributed by atoms with van der Waals surface area (Å²) in [6.45, 7) is 5.96. The van der Waals surface area contributed by atoms with E-state index in [0.717, 1.165) is 38.1 Å². The maximum absolute atomic E-state index is 13.0. The summed E-state index contributed by atoms with van der Waals surface area (Å²) in [5.74, 6) is 0.394. The van der Waals surface area contributed by atoms with E-state index in [9.17, 15) is 4.79 Å². The zero-order valence-corrected chi connectivity index (χ0v) is 18.6. The molecule has 0 aliphatic rings. The third-order valence-corrected chi connectivity index (χ3v) is 5.44. The first kappa shape index (κ1) is 20.0. The standard InChI is InChI=1S/C24H21BrN4O/c1-15-7-13-20(14-8-15)29-23(18-9-11-19(25)12-10-18)27-22(28-29)24(30)26-21-16(2)5-4-6-17(21)3/h4-14H,1-3H3,(H,26,30). The number of rotatable bonds is 4. The summed E-state index contributed by atoms with van der Waals surface area (Å²) in [5.41, 5.74) is 5.65. The number of nitrogens with zero attached hydrogens (tertiary/aromatic N) is 3. The third-order valence-electron chi connectivity index (χ3n) is 4.91. The smallest absolute Gasteiger partial charge is 0.295 e. The highest BCUT2D eigenvalue weighted by molar-refractivity contribution is 9.10. The van der Waals surface area contributed by atoms with Crippen molar-refractivity contribution >= 4 is 27.5 Å². The van der Waals surface area contributed by atoms with E-state index in [1.165, 1.54) is 0 Å². The number of anilines is 1. The lowest BCUT2D eigenvalue weighted by atomic mass is 10.1. The summed E-state index contributed by atoms with van der Waals surface area (Å²) < 4.78 is 2.68. The minimum Gasteiger partial charge on any atom is -0.319 e. The van der Waals surface area contributed by atoms with Crippen LogP contribution in [0.15, 0.2) is 71.2 Å². The second-order valence-corrected chi connectivity index (χ2v) is 8.15. The molecule has 0 atom stereocenters. The molecule has 4 rings (SSSR count). The first-order valence-electron chi connectivity index (χ1n) is 9.60. The Labute approximate surface area is 183 Å². The van der Waals surface area contributed by atoms with Crippen LogP contribution in [0, 0.1) is 20.8 Å². The van der Waals surface area contributed by atoms with Crippen LogP contribution in [-0.4, -0.2) is 20.7 Å². The molecule has 1 aromatic heterocycles. The maximum atomic E-state index is 13.0. The van der Waals surface area contributed by atoms with Crippen LogP contribution in [-0.2, 0) is 0 Å². The van der Waals surface area contributed by atoms with Crippen LogP contribution < -0.4 is 5.32 Å². The Hall–Kier alpha value is -3.25. The molecule has 0 bridgehead atoms. The summed E-state index contributed by atoms with van der Waals surface area (Å²) in [6, 6.07) is 21.7. The Bertz CT molecular complexity index is 1130. The zero-order chi connectivity index (χ0) is 21.3. The van der Waals surface area contributed by atoms with Crippen LogP contribution in [0.1, 0.15) is 27.3 Å². The number of hydrogen-bond donors (Lipinski definition) is 1. The third kappa shape index (κ3) is 4.04. The Balaban J connectivity index is 1.77. The number of amides is 1. The minimum atomic E-state index is -0.336. The van der Waals surface area contributed by atoms with Gasteiger partial charge in [-0.2, -0.15) is 0 Å². The molecule has 1 amide bonds. The van der Waals surface area contributed by atoms with Crippen molar-refractivity contribution in [2.45, 2.75) is 20.8 Å². The SMILES string of the molecule is Cc1ccc(-n2nc(C(=O)Nc3c(C)cccc3C)nc2-c2ccc(Br)cc2)cc1. The number of aromatic nitrogens is 3. The molecule has 5 nitrogen and oxygen atoms in total. The number of hydrogen-bond acceptors (Lipinski definition) is 3. The van der Waals surface area contributed by atoms with Gasteiger partial charge in [0.05, 0.1) is 5.69 Å². The predicted octanol–water partition coefficient (Wildman–Crippen LogP) is 5.87. The molecule has 0 aliphatic heterocycles. The van der Waals surface area contributed by atoms with Gasteiger partial charge in [-0.1, -0.05) is 64.0 Å². The number of para-hydroxylation sites is 1. The highest BCUT2D eigenvalue weighted by Gasteiger charge is 2.20. The molecule has 0 aliphatic carbocycles. The van der Waals surface area contributed by atoms with Crippen molar-refractivity contribution in [3.05, 3.63) is 93.7 Å². The molecule has 0 unspecified atom stereocenters. The van der Waals surface area contributed by atoms with Crippen molar-refractivity contribution in [3.8, 4) is 17.1 Å². The molecule has 1 heterocycles. The molecule has 150 valence electrons. The molecular weight excluding hydrogens is 440 g/mol. The fraction of sp³-hybridized carbons (Fsp3) is 0.125. The lowest BCUT2D eigenvalue weighted by Gasteiger charge is -2.09. The first-order chi connectivity index (χ1) is 14.4. The second-order valence-electron chi connectivity index (χ2n) is 7.23. The van der Waals surface area contributed by atoms with Gasteiger partial charge in [-0.15, -0.1) is 5.10 Å². The van der Waals surface area contributed by atoms with Crippen LogP contribution in [0.4, 0.5) is 5.69 Å². The molecule has 6 heteroatoms. The largest absolute Gasteiger partial charge is 0.319 e. The summed E-state index contributed by atoms with van der Waals surface area (Å²) in [7, 11) is 0. The normalized spacial score (nSPS) is 10.8. The van der Waals surface area contributed by atoms with E-state index in [1.54, 1.807) is 4.68 Å². The van der Waals surface area contributed by atoms with E-state index in [2.05, 4.69) is 31.3 Å². The maximum Gasteiger partial charge on any atom is 0.295 e. The van der Waals surface area contributed by atoms with Crippen LogP contribution in [0.2, 0.25) is 0 Å². The topological polar surface area (TPSA) is 59.8 Å².